The van der Waals surface area contributed by atoms with Gasteiger partial charge in [0.2, 0.25) is 0 Å². The maximum atomic E-state index is 12.7. The average Bonchev–Trinajstić information content (AvgIpc) is 2.69. The summed E-state index contributed by atoms with van der Waals surface area (Å²) in [4.78, 5) is 38.6. The maximum Gasteiger partial charge on any atom is 0.409 e. The molecule has 1 N–H and O–H groups in total. The molecule has 0 spiro atoms. The van der Waals surface area contributed by atoms with Crippen molar-refractivity contribution in [3.05, 3.63) is 18.1 Å². The molecule has 2 aliphatic rings. The van der Waals surface area contributed by atoms with Gasteiger partial charge in [0.15, 0.2) is 0 Å². The van der Waals surface area contributed by atoms with E-state index in [1.165, 1.54) is 6.33 Å². The van der Waals surface area contributed by atoms with E-state index in [1.54, 1.807) is 11.0 Å². The van der Waals surface area contributed by atoms with Gasteiger partial charge in [0, 0.05) is 51.4 Å². The summed E-state index contributed by atoms with van der Waals surface area (Å²) in [6.45, 7) is 6.68. The van der Waals surface area contributed by atoms with Gasteiger partial charge >= 0.3 is 6.09 Å². The van der Waals surface area contributed by atoms with Gasteiger partial charge in [0.25, 0.3) is 5.91 Å². The molecule has 2 aliphatic heterocycles. The Balaban J connectivity index is 1.54. The molecule has 0 aromatic carbocycles. The van der Waals surface area contributed by atoms with Crippen LogP contribution in [0.3, 0.4) is 0 Å². The number of nitrogens with zero attached hydrogens (tertiary/aromatic N) is 5. The second kappa shape index (κ2) is 8.98. The quantitative estimate of drug-likeness (QED) is 0.835. The normalized spacial score (nSPS) is 19.0. The van der Waals surface area contributed by atoms with Crippen LogP contribution in [0.15, 0.2) is 12.4 Å². The number of aromatic nitrogens is 2. The van der Waals surface area contributed by atoms with Crippen molar-refractivity contribution in [2.75, 3.05) is 58.2 Å². The molecule has 27 heavy (non-hydrogen) atoms. The molecule has 0 radical (unpaired) electrons. The van der Waals surface area contributed by atoms with E-state index >= 15 is 0 Å². The topological polar surface area (TPSA) is 90.9 Å². The largest absolute Gasteiger partial charge is 0.450 e. The summed E-state index contributed by atoms with van der Waals surface area (Å²) in [5.41, 5.74) is 0.418. The summed E-state index contributed by atoms with van der Waals surface area (Å²) in [6.07, 6.45) is 2.80. The highest BCUT2D eigenvalue weighted by molar-refractivity contribution is 5.93. The van der Waals surface area contributed by atoms with Gasteiger partial charge in [-0.2, -0.15) is 0 Å². The molecule has 0 unspecified atom stereocenters. The summed E-state index contributed by atoms with van der Waals surface area (Å²) in [5, 5.41) is 3.37. The van der Waals surface area contributed by atoms with Crippen LogP contribution in [-0.2, 0) is 4.74 Å². The van der Waals surface area contributed by atoms with Gasteiger partial charge in [-0.25, -0.2) is 14.8 Å². The van der Waals surface area contributed by atoms with Crippen LogP contribution in [0.4, 0.5) is 10.6 Å². The molecule has 2 amide bonds. The number of carbonyl (C=O) groups excluding carboxylic acids is 2. The average molecular weight is 376 g/mol. The number of hydrogen-bond acceptors (Lipinski definition) is 7. The van der Waals surface area contributed by atoms with Crippen molar-refractivity contribution < 1.29 is 14.3 Å². The standard InChI is InChI=1S/C18H28N6O3/c1-3-27-18(26)24-6-4-14(5-7-24)21-16-12-15(19-13-20-16)17(25)23-10-8-22(2)9-11-23/h12-14H,3-11H2,1-2H3,(H,19,20,21). The number of piperidine rings is 1. The first-order valence-corrected chi connectivity index (χ1v) is 9.55. The van der Waals surface area contributed by atoms with Gasteiger partial charge < -0.3 is 24.8 Å². The van der Waals surface area contributed by atoms with Crippen LogP contribution in [0.2, 0.25) is 0 Å². The number of likely N-dealkylation sites (tertiary alicyclic amines) is 1. The molecule has 0 aliphatic carbocycles. The maximum absolute atomic E-state index is 12.7. The zero-order chi connectivity index (χ0) is 19.2. The smallest absolute Gasteiger partial charge is 0.409 e. The van der Waals surface area contributed by atoms with Crippen molar-refractivity contribution in [2.45, 2.75) is 25.8 Å². The van der Waals surface area contributed by atoms with Gasteiger partial charge in [0.05, 0.1) is 6.61 Å². The van der Waals surface area contributed by atoms with Gasteiger partial charge in [-0.3, -0.25) is 4.79 Å². The van der Waals surface area contributed by atoms with Crippen LogP contribution in [-0.4, -0.2) is 95.6 Å². The molecule has 148 valence electrons. The first kappa shape index (κ1) is 19.3. The lowest BCUT2D eigenvalue weighted by Crippen LogP contribution is -2.47. The summed E-state index contributed by atoms with van der Waals surface area (Å²) in [5.74, 6) is 0.600. The third kappa shape index (κ3) is 5.06. The Labute approximate surface area is 159 Å². The Morgan fingerprint density at radius 3 is 2.48 bits per heavy atom. The Kier molecular flexibility index (Phi) is 6.44. The summed E-state index contributed by atoms with van der Waals surface area (Å²) < 4.78 is 5.04. The summed E-state index contributed by atoms with van der Waals surface area (Å²) >= 11 is 0. The zero-order valence-electron chi connectivity index (χ0n) is 16.1. The highest BCUT2D eigenvalue weighted by Gasteiger charge is 2.25. The third-order valence-corrected chi connectivity index (χ3v) is 5.05. The second-order valence-corrected chi connectivity index (χ2v) is 6.99. The highest BCUT2D eigenvalue weighted by Crippen LogP contribution is 2.17. The Morgan fingerprint density at radius 1 is 1.11 bits per heavy atom. The lowest BCUT2D eigenvalue weighted by atomic mass is 10.1. The molecule has 1 aromatic rings. The molecular formula is C18H28N6O3. The molecule has 3 heterocycles. The van der Waals surface area contributed by atoms with Gasteiger partial charge in [-0.15, -0.1) is 0 Å². The van der Waals surface area contributed by atoms with Crippen molar-refractivity contribution in [1.29, 1.82) is 0 Å². The van der Waals surface area contributed by atoms with Crippen molar-refractivity contribution in [3.8, 4) is 0 Å². The van der Waals surface area contributed by atoms with E-state index < -0.39 is 0 Å². The van der Waals surface area contributed by atoms with E-state index in [0.717, 1.165) is 25.9 Å². The fourth-order valence-electron chi connectivity index (χ4n) is 3.36. The van der Waals surface area contributed by atoms with Gasteiger partial charge in [-0.1, -0.05) is 0 Å². The monoisotopic (exact) mass is 376 g/mol. The van der Waals surface area contributed by atoms with E-state index in [9.17, 15) is 9.59 Å². The molecular weight excluding hydrogens is 348 g/mol. The van der Waals surface area contributed by atoms with Gasteiger partial charge in [-0.05, 0) is 26.8 Å². The molecule has 2 fully saturated rings. The van der Waals surface area contributed by atoms with Crippen LogP contribution < -0.4 is 5.32 Å². The minimum absolute atomic E-state index is 0.0503. The Bertz CT molecular complexity index is 654. The number of piperazine rings is 1. The Hall–Kier alpha value is -2.42. The lowest BCUT2D eigenvalue weighted by molar-refractivity contribution is 0.0658. The number of hydrogen-bond donors (Lipinski definition) is 1. The molecule has 9 heteroatoms. The second-order valence-electron chi connectivity index (χ2n) is 6.99. The van der Waals surface area contributed by atoms with Crippen molar-refractivity contribution in [1.82, 2.24) is 24.7 Å². The molecule has 1 aromatic heterocycles. The van der Waals surface area contributed by atoms with Crippen LogP contribution in [0.5, 0.6) is 0 Å². The molecule has 0 atom stereocenters. The molecule has 3 rings (SSSR count). The van der Waals surface area contributed by atoms with Crippen LogP contribution in [0.1, 0.15) is 30.3 Å². The Morgan fingerprint density at radius 2 is 1.81 bits per heavy atom. The van der Waals surface area contributed by atoms with Crippen LogP contribution in [0.25, 0.3) is 0 Å². The summed E-state index contributed by atoms with van der Waals surface area (Å²) in [7, 11) is 2.06. The van der Waals surface area contributed by atoms with Crippen molar-refractivity contribution >= 4 is 17.8 Å². The lowest BCUT2D eigenvalue weighted by Gasteiger charge is -2.32. The minimum atomic E-state index is -0.252. The number of ether oxygens (including phenoxy) is 1. The number of likely N-dealkylation sites (N-methyl/N-ethyl adjacent to an activating group) is 1. The van der Waals surface area contributed by atoms with E-state index in [0.29, 0.717) is 44.3 Å². The number of amides is 2. The number of anilines is 1. The summed E-state index contributed by atoms with van der Waals surface area (Å²) in [6, 6.07) is 1.93. The van der Waals surface area contributed by atoms with Crippen molar-refractivity contribution in [2.24, 2.45) is 0 Å². The highest BCUT2D eigenvalue weighted by atomic mass is 16.6. The first-order valence-electron chi connectivity index (χ1n) is 9.55. The van der Waals surface area contributed by atoms with Crippen LogP contribution >= 0.6 is 0 Å². The zero-order valence-corrected chi connectivity index (χ0v) is 16.1. The first-order chi connectivity index (χ1) is 13.1. The molecule has 9 nitrogen and oxygen atoms in total. The molecule has 2 saturated heterocycles. The number of rotatable bonds is 4. The minimum Gasteiger partial charge on any atom is -0.450 e. The predicted molar refractivity (Wildman–Crippen MR) is 101 cm³/mol. The van der Waals surface area contributed by atoms with E-state index in [4.69, 9.17) is 4.74 Å². The van der Waals surface area contributed by atoms with Gasteiger partial charge in [0.1, 0.15) is 17.8 Å². The molecule has 0 saturated carbocycles. The molecule has 0 bridgehead atoms. The van der Waals surface area contributed by atoms with E-state index in [-0.39, 0.29) is 18.0 Å². The SMILES string of the molecule is CCOC(=O)N1CCC(Nc2cc(C(=O)N3CCN(C)CC3)ncn2)CC1. The number of carbonyl (C=O) groups is 2. The van der Waals surface area contributed by atoms with E-state index in [1.807, 2.05) is 11.8 Å². The predicted octanol–water partition coefficient (Wildman–Crippen LogP) is 0.897. The third-order valence-electron chi connectivity index (χ3n) is 5.05. The fourth-order valence-corrected chi connectivity index (χ4v) is 3.36. The number of nitrogens with one attached hydrogen (secondary N) is 1. The van der Waals surface area contributed by atoms with Crippen LogP contribution in [0, 0.1) is 0 Å². The van der Waals surface area contributed by atoms with Crippen molar-refractivity contribution in [3.63, 3.8) is 0 Å². The van der Waals surface area contributed by atoms with E-state index in [2.05, 4.69) is 27.2 Å². The fraction of sp³-hybridized carbons (Fsp3) is 0.667.